The van der Waals surface area contributed by atoms with Crippen LogP contribution < -0.4 is 5.73 Å². The van der Waals surface area contributed by atoms with Gasteiger partial charge in [-0.15, -0.1) is 0 Å². The maximum absolute atomic E-state index is 12.0. The van der Waals surface area contributed by atoms with Gasteiger partial charge in [0.2, 0.25) is 5.91 Å². The summed E-state index contributed by atoms with van der Waals surface area (Å²) in [5.41, 5.74) is 8.11. The van der Waals surface area contributed by atoms with E-state index in [0.29, 0.717) is 13.1 Å². The van der Waals surface area contributed by atoms with E-state index in [1.54, 1.807) is 4.90 Å². The third-order valence-electron chi connectivity index (χ3n) is 3.40. The summed E-state index contributed by atoms with van der Waals surface area (Å²) in [6.45, 7) is 2.75. The van der Waals surface area contributed by atoms with E-state index in [4.69, 9.17) is 5.73 Å². The number of carbonyl (C=O) groups is 2. The van der Waals surface area contributed by atoms with Gasteiger partial charge in [0.05, 0.1) is 6.04 Å². The lowest BCUT2D eigenvalue weighted by atomic mass is 9.99. The number of carbonyl (C=O) groups excluding carboxylic acids is 2. The van der Waals surface area contributed by atoms with Gasteiger partial charge in [-0.2, -0.15) is 0 Å². The van der Waals surface area contributed by atoms with Crippen LogP contribution in [0.3, 0.4) is 0 Å². The summed E-state index contributed by atoms with van der Waals surface area (Å²) in [4.78, 5) is 24.9. The fourth-order valence-corrected chi connectivity index (χ4v) is 2.17. The van der Waals surface area contributed by atoms with Crippen LogP contribution in [-0.4, -0.2) is 29.2 Å². The van der Waals surface area contributed by atoms with E-state index in [-0.39, 0.29) is 18.1 Å². The van der Waals surface area contributed by atoms with Gasteiger partial charge in [-0.3, -0.25) is 9.59 Å². The molecule has 18 heavy (non-hydrogen) atoms. The number of hydrogen-bond acceptors (Lipinski definition) is 3. The number of benzene rings is 1. The average molecular weight is 246 g/mol. The van der Waals surface area contributed by atoms with Crippen molar-refractivity contribution in [1.82, 2.24) is 4.90 Å². The van der Waals surface area contributed by atoms with Crippen LogP contribution in [-0.2, 0) is 22.6 Å². The molecule has 0 saturated heterocycles. The molecule has 96 valence electrons. The Morgan fingerprint density at radius 3 is 2.67 bits per heavy atom. The van der Waals surface area contributed by atoms with Crippen LogP contribution in [0.1, 0.15) is 24.5 Å². The second-order valence-electron chi connectivity index (χ2n) is 4.76. The Bertz CT molecular complexity index is 471. The lowest BCUT2D eigenvalue weighted by Crippen LogP contribution is -2.41. The number of amides is 1. The van der Waals surface area contributed by atoms with Crippen LogP contribution in [0.2, 0.25) is 0 Å². The summed E-state index contributed by atoms with van der Waals surface area (Å²) < 4.78 is 0. The zero-order chi connectivity index (χ0) is 13.1. The van der Waals surface area contributed by atoms with E-state index in [9.17, 15) is 9.59 Å². The van der Waals surface area contributed by atoms with Crippen molar-refractivity contribution < 1.29 is 9.59 Å². The molecule has 1 amide bonds. The highest BCUT2D eigenvalue weighted by Crippen LogP contribution is 2.19. The fraction of sp³-hybridized carbons (Fsp3) is 0.429. The molecule has 0 aromatic heterocycles. The smallest absolute Gasteiger partial charge is 0.224 e. The first kappa shape index (κ1) is 12.8. The molecule has 0 fully saturated rings. The molecular formula is C14H18N2O2. The summed E-state index contributed by atoms with van der Waals surface area (Å²) in [5, 5.41) is 0. The van der Waals surface area contributed by atoms with E-state index < -0.39 is 6.04 Å². The quantitative estimate of drug-likeness (QED) is 0.861. The molecule has 0 spiro atoms. The molecule has 4 nitrogen and oxygen atoms in total. The fourth-order valence-electron chi connectivity index (χ4n) is 2.17. The molecule has 1 aliphatic heterocycles. The van der Waals surface area contributed by atoms with Crippen LogP contribution >= 0.6 is 0 Å². The molecule has 0 aliphatic carbocycles. The van der Waals surface area contributed by atoms with E-state index in [2.05, 4.69) is 6.07 Å². The van der Waals surface area contributed by atoms with Crippen molar-refractivity contribution in [2.24, 2.45) is 5.73 Å². The van der Waals surface area contributed by atoms with Crippen molar-refractivity contribution in [3.8, 4) is 0 Å². The Hall–Kier alpha value is -1.68. The highest BCUT2D eigenvalue weighted by atomic mass is 16.2. The summed E-state index contributed by atoms with van der Waals surface area (Å²) in [5.74, 6) is -0.173. The second kappa shape index (κ2) is 5.31. The number of nitrogens with two attached hydrogens (primary N) is 1. The number of fused-ring (bicyclic) bond motifs is 1. The molecule has 1 atom stereocenters. The van der Waals surface area contributed by atoms with Gasteiger partial charge in [0.1, 0.15) is 5.78 Å². The lowest BCUT2D eigenvalue weighted by molar-refractivity contribution is -0.134. The normalized spacial score (nSPS) is 16.0. The predicted octanol–water partition coefficient (Wildman–Crippen LogP) is 0.878. The Morgan fingerprint density at radius 2 is 2.00 bits per heavy atom. The van der Waals surface area contributed by atoms with Gasteiger partial charge in [-0.25, -0.2) is 0 Å². The molecule has 0 saturated carbocycles. The van der Waals surface area contributed by atoms with Gasteiger partial charge in [0, 0.05) is 19.5 Å². The number of rotatable bonds is 3. The molecule has 1 aromatic rings. The van der Waals surface area contributed by atoms with Crippen molar-refractivity contribution >= 4 is 11.7 Å². The van der Waals surface area contributed by atoms with Gasteiger partial charge in [0.25, 0.3) is 0 Å². The number of nitrogens with zero attached hydrogens (tertiary/aromatic N) is 1. The van der Waals surface area contributed by atoms with Crippen LogP contribution in [0.15, 0.2) is 24.3 Å². The summed E-state index contributed by atoms with van der Waals surface area (Å²) >= 11 is 0. The van der Waals surface area contributed by atoms with Crippen molar-refractivity contribution in [2.45, 2.75) is 32.4 Å². The minimum atomic E-state index is -0.672. The molecule has 1 aliphatic rings. The standard InChI is InChI=1S/C14H18N2O2/c1-10(17)13(15)8-14(18)16-7-6-11-4-2-3-5-12(11)9-16/h2-5,13H,6-9,15H2,1H3. The van der Waals surface area contributed by atoms with Crippen molar-refractivity contribution in [3.63, 3.8) is 0 Å². The Morgan fingerprint density at radius 1 is 1.33 bits per heavy atom. The Balaban J connectivity index is 2.00. The molecule has 0 bridgehead atoms. The van der Waals surface area contributed by atoms with Gasteiger partial charge < -0.3 is 10.6 Å². The van der Waals surface area contributed by atoms with E-state index >= 15 is 0 Å². The highest BCUT2D eigenvalue weighted by Gasteiger charge is 2.23. The van der Waals surface area contributed by atoms with Gasteiger partial charge in [-0.05, 0) is 24.5 Å². The monoisotopic (exact) mass is 246 g/mol. The summed E-state index contributed by atoms with van der Waals surface area (Å²) in [6, 6.07) is 7.46. The zero-order valence-corrected chi connectivity index (χ0v) is 10.6. The maximum atomic E-state index is 12.0. The molecule has 1 unspecified atom stereocenters. The number of ketones is 1. The van der Waals surface area contributed by atoms with Crippen molar-refractivity contribution in [1.29, 1.82) is 0 Å². The molecule has 1 aromatic carbocycles. The first-order valence-corrected chi connectivity index (χ1v) is 6.18. The zero-order valence-electron chi connectivity index (χ0n) is 10.6. The predicted molar refractivity (Wildman–Crippen MR) is 68.8 cm³/mol. The molecule has 4 heteroatoms. The Kier molecular flexibility index (Phi) is 3.77. The highest BCUT2D eigenvalue weighted by molar-refractivity contribution is 5.88. The third kappa shape index (κ3) is 2.76. The molecule has 0 radical (unpaired) electrons. The molecule has 2 N–H and O–H groups in total. The van der Waals surface area contributed by atoms with E-state index in [1.165, 1.54) is 18.1 Å². The second-order valence-corrected chi connectivity index (χ2v) is 4.76. The lowest BCUT2D eigenvalue weighted by Gasteiger charge is -2.29. The molecule has 2 rings (SSSR count). The van der Waals surface area contributed by atoms with Gasteiger partial charge >= 0.3 is 0 Å². The van der Waals surface area contributed by atoms with Crippen molar-refractivity contribution in [3.05, 3.63) is 35.4 Å². The molecular weight excluding hydrogens is 228 g/mol. The van der Waals surface area contributed by atoms with E-state index in [1.807, 2.05) is 18.2 Å². The molecule has 1 heterocycles. The van der Waals surface area contributed by atoms with Gasteiger partial charge in [-0.1, -0.05) is 24.3 Å². The maximum Gasteiger partial charge on any atom is 0.224 e. The minimum absolute atomic E-state index is 0.0350. The van der Waals surface area contributed by atoms with Gasteiger partial charge in [0.15, 0.2) is 0 Å². The summed E-state index contributed by atoms with van der Waals surface area (Å²) in [7, 11) is 0. The van der Waals surface area contributed by atoms with Crippen LogP contribution in [0.5, 0.6) is 0 Å². The van der Waals surface area contributed by atoms with E-state index in [0.717, 1.165) is 6.42 Å². The van der Waals surface area contributed by atoms with Crippen LogP contribution in [0.4, 0.5) is 0 Å². The van der Waals surface area contributed by atoms with Crippen LogP contribution in [0.25, 0.3) is 0 Å². The topological polar surface area (TPSA) is 63.4 Å². The minimum Gasteiger partial charge on any atom is -0.338 e. The largest absolute Gasteiger partial charge is 0.338 e. The third-order valence-corrected chi connectivity index (χ3v) is 3.40. The SMILES string of the molecule is CC(=O)C(N)CC(=O)N1CCc2ccccc2C1. The van der Waals surface area contributed by atoms with Crippen molar-refractivity contribution in [2.75, 3.05) is 6.54 Å². The van der Waals surface area contributed by atoms with Crippen LogP contribution in [0, 0.1) is 0 Å². The first-order chi connectivity index (χ1) is 8.58. The Labute approximate surface area is 107 Å². The first-order valence-electron chi connectivity index (χ1n) is 6.18. The average Bonchev–Trinajstić information content (AvgIpc) is 2.37. The summed E-state index contributed by atoms with van der Waals surface area (Å²) in [6.07, 6.45) is 0.981. The number of hydrogen-bond donors (Lipinski definition) is 1. The number of Topliss-reactive ketones (excluding diaryl/α,β-unsaturated/α-hetero) is 1.